The van der Waals surface area contributed by atoms with Gasteiger partial charge in [-0.05, 0) is 19.8 Å². The summed E-state index contributed by atoms with van der Waals surface area (Å²) in [5.74, 6) is -1.38. The van der Waals surface area contributed by atoms with Gasteiger partial charge in [-0.1, -0.05) is 0 Å². The predicted molar refractivity (Wildman–Crippen MR) is 60.9 cm³/mol. The van der Waals surface area contributed by atoms with Crippen LogP contribution in [0.3, 0.4) is 0 Å². The molecule has 18 heavy (non-hydrogen) atoms. The highest BCUT2D eigenvalue weighted by atomic mass is 16.7. The number of rotatable bonds is 6. The van der Waals surface area contributed by atoms with E-state index in [-0.39, 0.29) is 11.9 Å². The molecule has 3 atom stereocenters. The van der Waals surface area contributed by atoms with Crippen molar-refractivity contribution in [2.45, 2.75) is 44.3 Å². The second-order valence-corrected chi connectivity index (χ2v) is 4.17. The monoisotopic (exact) mass is 261 g/mol. The molecule has 0 aromatic heterocycles. The summed E-state index contributed by atoms with van der Waals surface area (Å²) in [7, 11) is 2.95. The maximum Gasteiger partial charge on any atom is 0.332 e. The number of methoxy groups -OCH3 is 2. The second kappa shape index (κ2) is 6.67. The van der Waals surface area contributed by atoms with Gasteiger partial charge in [0.15, 0.2) is 12.4 Å². The van der Waals surface area contributed by atoms with E-state index in [0.29, 0.717) is 12.8 Å². The molecule has 1 rings (SSSR count). The number of ether oxygens (including phenoxy) is 3. The Morgan fingerprint density at radius 1 is 1.28 bits per heavy atom. The van der Waals surface area contributed by atoms with Gasteiger partial charge in [0.1, 0.15) is 6.10 Å². The summed E-state index contributed by atoms with van der Waals surface area (Å²) in [6.45, 7) is 1.74. The van der Waals surface area contributed by atoms with Gasteiger partial charge in [0.05, 0.1) is 6.04 Å². The maximum atomic E-state index is 11.8. The van der Waals surface area contributed by atoms with Gasteiger partial charge in [-0.2, -0.15) is 0 Å². The van der Waals surface area contributed by atoms with Crippen LogP contribution in [0.2, 0.25) is 0 Å². The van der Waals surface area contributed by atoms with Gasteiger partial charge in [-0.15, -0.1) is 0 Å². The zero-order valence-electron chi connectivity index (χ0n) is 10.7. The molecule has 0 bridgehead atoms. The summed E-state index contributed by atoms with van der Waals surface area (Å²) in [4.78, 5) is 22.5. The van der Waals surface area contributed by atoms with Crippen LogP contribution in [0.4, 0.5) is 0 Å². The van der Waals surface area contributed by atoms with Crippen LogP contribution in [0.1, 0.15) is 19.8 Å². The van der Waals surface area contributed by atoms with Gasteiger partial charge in [-0.3, -0.25) is 4.79 Å². The number of aliphatic carboxylic acids is 1. The number of carbonyl (C=O) groups is 2. The number of carbonyl (C=O) groups excluding carboxylic acids is 1. The largest absolute Gasteiger partial charge is 0.479 e. The summed E-state index contributed by atoms with van der Waals surface area (Å²) in [6.07, 6.45) is -1.41. The van der Waals surface area contributed by atoms with Gasteiger partial charge in [-0.25, -0.2) is 4.79 Å². The molecule has 1 heterocycles. The van der Waals surface area contributed by atoms with Crippen molar-refractivity contribution in [1.82, 2.24) is 5.32 Å². The Hall–Kier alpha value is -1.18. The van der Waals surface area contributed by atoms with E-state index in [9.17, 15) is 9.59 Å². The van der Waals surface area contributed by atoms with E-state index < -0.39 is 24.5 Å². The molecule has 0 aromatic carbocycles. The molecule has 1 unspecified atom stereocenters. The quantitative estimate of drug-likeness (QED) is 0.640. The van der Waals surface area contributed by atoms with Crippen molar-refractivity contribution in [3.05, 3.63) is 0 Å². The third-order valence-electron chi connectivity index (χ3n) is 2.83. The highest BCUT2D eigenvalue weighted by Crippen LogP contribution is 2.20. The van der Waals surface area contributed by atoms with Gasteiger partial charge < -0.3 is 24.6 Å². The number of amides is 1. The SMILES string of the molecule is COC(OC)C(C)NC(=O)[C@@H]1CC[C@H](C(=O)O)O1. The normalized spacial score (nSPS) is 25.1. The van der Waals surface area contributed by atoms with Gasteiger partial charge in [0.2, 0.25) is 5.91 Å². The minimum Gasteiger partial charge on any atom is -0.479 e. The Kier molecular flexibility index (Phi) is 5.52. The topological polar surface area (TPSA) is 94.1 Å². The van der Waals surface area contributed by atoms with Crippen LogP contribution in [-0.2, 0) is 23.8 Å². The first kappa shape index (κ1) is 14.9. The van der Waals surface area contributed by atoms with E-state index in [4.69, 9.17) is 19.3 Å². The van der Waals surface area contributed by atoms with Crippen LogP contribution in [0.5, 0.6) is 0 Å². The van der Waals surface area contributed by atoms with E-state index in [1.54, 1.807) is 6.92 Å². The molecular weight excluding hydrogens is 242 g/mol. The Labute approximate surface area is 105 Å². The van der Waals surface area contributed by atoms with Crippen molar-refractivity contribution in [1.29, 1.82) is 0 Å². The molecule has 0 aliphatic carbocycles. The highest BCUT2D eigenvalue weighted by molar-refractivity contribution is 5.82. The van der Waals surface area contributed by atoms with Crippen LogP contribution < -0.4 is 5.32 Å². The summed E-state index contributed by atoms with van der Waals surface area (Å²) < 4.78 is 15.2. The molecule has 7 nitrogen and oxygen atoms in total. The molecule has 1 aliphatic rings. The van der Waals surface area contributed by atoms with E-state index in [1.165, 1.54) is 14.2 Å². The molecule has 104 valence electrons. The Morgan fingerprint density at radius 3 is 2.28 bits per heavy atom. The van der Waals surface area contributed by atoms with Gasteiger partial charge in [0.25, 0.3) is 0 Å². The minimum absolute atomic E-state index is 0.342. The Morgan fingerprint density at radius 2 is 1.83 bits per heavy atom. The van der Waals surface area contributed by atoms with Gasteiger partial charge in [0, 0.05) is 14.2 Å². The standard InChI is InChI=1S/C11H19NO6/c1-6(11(16-2)17-3)12-9(13)7-4-5-8(18-7)10(14)15/h6-8,11H,4-5H2,1-3H3,(H,12,13)(H,14,15)/t6?,7-,8+/m0/s1. The van der Waals surface area contributed by atoms with Crippen LogP contribution in [0.25, 0.3) is 0 Å². The summed E-state index contributed by atoms with van der Waals surface area (Å²) >= 11 is 0. The summed E-state index contributed by atoms with van der Waals surface area (Å²) in [5, 5.41) is 11.4. The first-order valence-corrected chi connectivity index (χ1v) is 5.73. The molecule has 1 amide bonds. The summed E-state index contributed by atoms with van der Waals surface area (Å²) in [5.41, 5.74) is 0. The van der Waals surface area contributed by atoms with Crippen molar-refractivity contribution in [3.63, 3.8) is 0 Å². The molecule has 1 saturated heterocycles. The van der Waals surface area contributed by atoms with Crippen LogP contribution in [0, 0.1) is 0 Å². The fourth-order valence-corrected chi connectivity index (χ4v) is 1.90. The molecular formula is C11H19NO6. The lowest BCUT2D eigenvalue weighted by Crippen LogP contribution is -2.47. The predicted octanol–water partition coefficient (Wildman–Crippen LogP) is -0.258. The van der Waals surface area contributed by atoms with Crippen molar-refractivity contribution < 1.29 is 28.9 Å². The zero-order valence-corrected chi connectivity index (χ0v) is 10.7. The van der Waals surface area contributed by atoms with Crippen molar-refractivity contribution in [3.8, 4) is 0 Å². The van der Waals surface area contributed by atoms with Crippen LogP contribution >= 0.6 is 0 Å². The number of carboxylic acids is 1. The summed E-state index contributed by atoms with van der Waals surface area (Å²) in [6, 6.07) is -0.347. The molecule has 0 aromatic rings. The van der Waals surface area contributed by atoms with E-state index in [2.05, 4.69) is 5.32 Å². The second-order valence-electron chi connectivity index (χ2n) is 4.17. The lowest BCUT2D eigenvalue weighted by atomic mass is 10.2. The fourth-order valence-electron chi connectivity index (χ4n) is 1.90. The average molecular weight is 261 g/mol. The third-order valence-corrected chi connectivity index (χ3v) is 2.83. The molecule has 1 fully saturated rings. The molecule has 0 spiro atoms. The fraction of sp³-hybridized carbons (Fsp3) is 0.818. The van der Waals surface area contributed by atoms with E-state index in [0.717, 1.165) is 0 Å². The third kappa shape index (κ3) is 3.66. The number of nitrogens with one attached hydrogen (secondary N) is 1. The number of hydrogen-bond acceptors (Lipinski definition) is 5. The Bertz CT molecular complexity index is 304. The van der Waals surface area contributed by atoms with Crippen molar-refractivity contribution in [2.24, 2.45) is 0 Å². The minimum atomic E-state index is -1.04. The van der Waals surface area contributed by atoms with Crippen LogP contribution in [0.15, 0.2) is 0 Å². The van der Waals surface area contributed by atoms with Crippen LogP contribution in [-0.4, -0.2) is 55.7 Å². The van der Waals surface area contributed by atoms with Crippen molar-refractivity contribution >= 4 is 11.9 Å². The van der Waals surface area contributed by atoms with Crippen molar-refractivity contribution in [2.75, 3.05) is 14.2 Å². The van der Waals surface area contributed by atoms with Gasteiger partial charge >= 0.3 is 5.97 Å². The number of carboxylic acid groups (broad SMARTS) is 1. The zero-order chi connectivity index (χ0) is 13.7. The molecule has 7 heteroatoms. The molecule has 0 saturated carbocycles. The lowest BCUT2D eigenvalue weighted by molar-refractivity contribution is -0.154. The molecule has 1 aliphatic heterocycles. The highest BCUT2D eigenvalue weighted by Gasteiger charge is 2.35. The number of hydrogen-bond donors (Lipinski definition) is 2. The van der Waals surface area contributed by atoms with E-state index >= 15 is 0 Å². The Balaban J connectivity index is 2.44. The van der Waals surface area contributed by atoms with E-state index in [1.807, 2.05) is 0 Å². The molecule has 0 radical (unpaired) electrons. The first-order valence-electron chi connectivity index (χ1n) is 5.73. The lowest BCUT2D eigenvalue weighted by Gasteiger charge is -2.23. The smallest absolute Gasteiger partial charge is 0.332 e. The molecule has 2 N–H and O–H groups in total. The average Bonchev–Trinajstić information content (AvgIpc) is 2.79. The first-order chi connectivity index (χ1) is 8.49. The maximum absolute atomic E-state index is 11.8.